The topological polar surface area (TPSA) is 202 Å². The molecule has 1 saturated heterocycles. The first kappa shape index (κ1) is 43.8. The van der Waals surface area contributed by atoms with E-state index < -0.39 is 82.8 Å². The summed E-state index contributed by atoms with van der Waals surface area (Å²) in [7, 11) is 1.45. The van der Waals surface area contributed by atoms with Gasteiger partial charge in [-0.3, -0.25) is 14.5 Å². The molecule has 7 N–H and O–H groups in total. The minimum atomic E-state index is -1.99. The molecule has 1 amide bonds. The second-order valence-electron chi connectivity index (χ2n) is 16.7. The van der Waals surface area contributed by atoms with Gasteiger partial charge in [-0.05, 0) is 25.8 Å². The van der Waals surface area contributed by atoms with Gasteiger partial charge in [0, 0.05) is 87.0 Å². The number of hydrogen-bond donors (Lipinski definition) is 7. The number of amides is 1. The summed E-state index contributed by atoms with van der Waals surface area (Å²) < 4.78 is 17.8. The average Bonchev–Trinajstić information content (AvgIpc) is 3.44. The van der Waals surface area contributed by atoms with Crippen LogP contribution in [0, 0.1) is 36.5 Å². The molecule has 0 aliphatic carbocycles. The van der Waals surface area contributed by atoms with Gasteiger partial charge in [-0.15, -0.1) is 0 Å². The maximum Gasteiger partial charge on any atom is 0.312 e. The molecule has 9 atom stereocenters. The van der Waals surface area contributed by atoms with Gasteiger partial charge in [0.05, 0.1) is 41.6 Å². The molecule has 4 aliphatic rings. The van der Waals surface area contributed by atoms with Crippen LogP contribution in [0.4, 0.5) is 11.4 Å². The fourth-order valence-electron chi connectivity index (χ4n) is 8.29. The Morgan fingerprint density at radius 2 is 1.49 bits per heavy atom. The van der Waals surface area contributed by atoms with E-state index in [0.29, 0.717) is 32.1 Å². The van der Waals surface area contributed by atoms with Crippen molar-refractivity contribution < 1.29 is 54.4 Å². The number of allylic oxidation sites excluding steroid dienone is 2. The molecule has 1 fully saturated rings. The van der Waals surface area contributed by atoms with E-state index in [0.717, 1.165) is 6.54 Å². The monoisotopic (exact) mass is 795 g/mol. The molecule has 2 aromatic carbocycles. The number of aliphatic hydroxyl groups excluding tert-OH is 3. The Morgan fingerprint density at radius 3 is 2.11 bits per heavy atom. The van der Waals surface area contributed by atoms with Gasteiger partial charge in [-0.1, -0.05) is 59.8 Å². The minimum Gasteiger partial charge on any atom is -0.507 e. The van der Waals surface area contributed by atoms with E-state index in [4.69, 9.17) is 14.2 Å². The SMILES string of the molecule is CO[C@H]1/C=C/O[C@@]2(C)Oc3c(C)c(O)c4c(O)c(c(N5CCN(CC(C)C)CC5)c(O)c4c3C2=O)NC(=O)/C(C)=C\C=C\[C@H](C)[C@H](O)[C@@H](C)[C@@H](O)[C@@H](C)[C@H](O)[C@@H]1C. The molecule has 0 saturated carbocycles. The van der Waals surface area contributed by atoms with E-state index in [1.807, 2.05) is 4.90 Å². The van der Waals surface area contributed by atoms with Gasteiger partial charge >= 0.3 is 5.79 Å². The van der Waals surface area contributed by atoms with E-state index >= 15 is 0 Å². The summed E-state index contributed by atoms with van der Waals surface area (Å²) in [5.41, 5.74) is 0.147. The smallest absolute Gasteiger partial charge is 0.312 e. The number of methoxy groups -OCH3 is 1. The number of aromatic hydroxyl groups is 3. The van der Waals surface area contributed by atoms with E-state index in [9.17, 15) is 40.2 Å². The molecule has 4 aliphatic heterocycles. The van der Waals surface area contributed by atoms with Crippen molar-refractivity contribution in [3.8, 4) is 23.0 Å². The lowest BCUT2D eigenvalue weighted by Crippen LogP contribution is -2.47. The molecule has 57 heavy (non-hydrogen) atoms. The van der Waals surface area contributed by atoms with Gasteiger partial charge in [0.1, 0.15) is 28.6 Å². The number of carbonyl (C=O) groups excluding carboxylic acids is 2. The van der Waals surface area contributed by atoms with E-state index in [2.05, 4.69) is 24.1 Å². The van der Waals surface area contributed by atoms with Gasteiger partial charge in [-0.2, -0.15) is 0 Å². The number of ketones is 1. The number of phenolic OH excluding ortho intramolecular Hbond substituents is 3. The third-order valence-electron chi connectivity index (χ3n) is 12.0. The molecular formula is C43H61N3O11. The second-order valence-corrected chi connectivity index (χ2v) is 16.7. The van der Waals surface area contributed by atoms with Crippen molar-refractivity contribution in [1.29, 1.82) is 0 Å². The molecule has 4 heterocycles. The van der Waals surface area contributed by atoms with Gasteiger partial charge in [0.25, 0.3) is 11.7 Å². The molecule has 2 aromatic rings. The highest BCUT2D eigenvalue weighted by molar-refractivity contribution is 6.23. The van der Waals surface area contributed by atoms with Gasteiger partial charge in [0.15, 0.2) is 5.75 Å². The quantitative estimate of drug-likeness (QED) is 0.162. The number of fused-ring (bicyclic) bond motifs is 14. The predicted molar refractivity (Wildman–Crippen MR) is 218 cm³/mol. The Bertz CT molecular complexity index is 1930. The Labute approximate surface area is 335 Å². The first-order chi connectivity index (χ1) is 26.7. The van der Waals surface area contributed by atoms with Crippen molar-refractivity contribution in [2.75, 3.05) is 50.1 Å². The van der Waals surface area contributed by atoms with Crippen molar-refractivity contribution in [3.05, 3.63) is 47.3 Å². The molecule has 14 nitrogen and oxygen atoms in total. The molecule has 6 rings (SSSR count). The zero-order valence-corrected chi connectivity index (χ0v) is 34.7. The molecule has 0 unspecified atom stereocenters. The zero-order chi connectivity index (χ0) is 42.3. The van der Waals surface area contributed by atoms with Gasteiger partial charge < -0.3 is 55.1 Å². The van der Waals surface area contributed by atoms with E-state index in [-0.39, 0.29) is 44.6 Å². The van der Waals surface area contributed by atoms with Crippen LogP contribution < -0.4 is 15.0 Å². The first-order valence-electron chi connectivity index (χ1n) is 19.8. The van der Waals surface area contributed by atoms with Crippen LogP contribution in [-0.2, 0) is 14.3 Å². The summed E-state index contributed by atoms with van der Waals surface area (Å²) in [6.45, 7) is 18.6. The summed E-state index contributed by atoms with van der Waals surface area (Å²) in [6.07, 6.45) is 3.66. The normalized spacial score (nSPS) is 32.9. The maximum atomic E-state index is 14.4. The van der Waals surface area contributed by atoms with Crippen LogP contribution in [0.2, 0.25) is 0 Å². The van der Waals surface area contributed by atoms with Gasteiger partial charge in [-0.25, -0.2) is 0 Å². The van der Waals surface area contributed by atoms with Crippen molar-refractivity contribution in [1.82, 2.24) is 4.90 Å². The standard InChI is InChI=1S/C43H61N3O11/c1-21(2)20-45-15-17-46(18-16-45)33-32-38(51)30-29(39(33)52)31-40(27(8)37(30)50)57-43(9,41(31)53)56-19-14-28(55-10)24(5)35(48)26(7)36(49)25(6)34(47)22(3)12-11-13-23(4)42(54)44-32/h11-14,19,21-22,24-26,28,34-36,47-52H,15-18,20H2,1-10H3,(H,44,54)/b12-11+,19-14+,23-13-/t22-,24+,25+,26-,28-,34-,35+,36+,43-/m0/s1. The highest BCUT2D eigenvalue weighted by Gasteiger charge is 2.50. The Morgan fingerprint density at radius 1 is 0.877 bits per heavy atom. The number of hydrogen-bond acceptors (Lipinski definition) is 13. The number of carbonyl (C=O) groups is 2. The zero-order valence-electron chi connectivity index (χ0n) is 34.7. The number of piperazine rings is 1. The lowest BCUT2D eigenvalue weighted by molar-refractivity contribution is -0.112. The largest absolute Gasteiger partial charge is 0.507 e. The second kappa shape index (κ2) is 17.3. The van der Waals surface area contributed by atoms with Crippen molar-refractivity contribution in [2.24, 2.45) is 29.6 Å². The first-order valence-corrected chi connectivity index (χ1v) is 19.8. The molecule has 5 bridgehead atoms. The summed E-state index contributed by atoms with van der Waals surface area (Å²) >= 11 is 0. The average molecular weight is 796 g/mol. The number of ether oxygens (including phenoxy) is 3. The molecular weight excluding hydrogens is 734 g/mol. The van der Waals surface area contributed by atoms with Crippen molar-refractivity contribution >= 4 is 33.8 Å². The van der Waals surface area contributed by atoms with Crippen molar-refractivity contribution in [2.45, 2.75) is 92.5 Å². The Kier molecular flexibility index (Phi) is 13.3. The Balaban J connectivity index is 1.70. The number of nitrogens with one attached hydrogen (secondary N) is 1. The molecule has 14 heteroatoms. The third kappa shape index (κ3) is 8.33. The van der Waals surface area contributed by atoms with Crippen LogP contribution in [0.1, 0.15) is 71.3 Å². The summed E-state index contributed by atoms with van der Waals surface area (Å²) in [4.78, 5) is 32.4. The van der Waals surface area contributed by atoms with Crippen LogP contribution in [0.15, 0.2) is 36.1 Å². The molecule has 314 valence electrons. The van der Waals surface area contributed by atoms with Crippen LogP contribution in [-0.4, -0.2) is 117 Å². The summed E-state index contributed by atoms with van der Waals surface area (Å²) in [6, 6.07) is 0. The highest BCUT2D eigenvalue weighted by atomic mass is 16.7. The lowest BCUT2D eigenvalue weighted by atomic mass is 9.78. The molecule has 0 aromatic heterocycles. The van der Waals surface area contributed by atoms with Crippen LogP contribution >= 0.6 is 0 Å². The number of phenols is 3. The van der Waals surface area contributed by atoms with E-state index in [1.165, 1.54) is 39.4 Å². The third-order valence-corrected chi connectivity index (χ3v) is 12.0. The van der Waals surface area contributed by atoms with Gasteiger partial charge in [0.2, 0.25) is 0 Å². The fraction of sp³-hybridized carbons (Fsp3) is 0.581. The maximum absolute atomic E-state index is 14.4. The number of Topliss-reactive ketones (excluding diaryl/α,β-unsaturated/α-hetero) is 1. The number of nitrogens with zero attached hydrogens (tertiary/aromatic N) is 2. The van der Waals surface area contributed by atoms with Crippen LogP contribution in [0.5, 0.6) is 23.0 Å². The summed E-state index contributed by atoms with van der Waals surface area (Å²) in [5, 5.41) is 72.2. The lowest BCUT2D eigenvalue weighted by Gasteiger charge is -2.38. The van der Waals surface area contributed by atoms with Crippen LogP contribution in [0.3, 0.4) is 0 Å². The summed E-state index contributed by atoms with van der Waals surface area (Å²) in [5.74, 6) is -6.74. The van der Waals surface area contributed by atoms with Crippen molar-refractivity contribution in [3.63, 3.8) is 0 Å². The minimum absolute atomic E-state index is 0.0448. The number of benzene rings is 2. The van der Waals surface area contributed by atoms with Crippen LogP contribution in [0.25, 0.3) is 10.8 Å². The number of aliphatic hydroxyl groups is 3. The molecule has 0 radical (unpaired) electrons. The fourth-order valence-corrected chi connectivity index (χ4v) is 8.29. The van der Waals surface area contributed by atoms with E-state index in [1.54, 1.807) is 46.8 Å². The highest BCUT2D eigenvalue weighted by Crippen LogP contribution is 2.57. The Hall–Kier alpha value is -4.34. The predicted octanol–water partition coefficient (Wildman–Crippen LogP) is 4.96. The molecule has 0 spiro atoms. The number of anilines is 2. The number of rotatable bonds is 4.